The van der Waals surface area contributed by atoms with Gasteiger partial charge in [0.25, 0.3) is 5.56 Å². The standard InChI is InChI=1S/C17H13ClN6OS/c1-11-3-2-4-14(7-11)24-17(20-21-22-24)26-10-13-8-16(25)23-9-12(18)5-6-15(23)19-13/h2-9H,10H2,1H3. The van der Waals surface area contributed by atoms with Crippen molar-refractivity contribution >= 4 is 29.0 Å². The summed E-state index contributed by atoms with van der Waals surface area (Å²) < 4.78 is 3.10. The Kier molecular flexibility index (Phi) is 4.44. The fourth-order valence-corrected chi connectivity index (χ4v) is 3.47. The number of aryl methyl sites for hydroxylation is 1. The number of halogens is 1. The minimum atomic E-state index is -0.175. The van der Waals surface area contributed by atoms with Crippen LogP contribution in [-0.2, 0) is 5.75 Å². The zero-order valence-corrected chi connectivity index (χ0v) is 15.3. The molecule has 4 aromatic rings. The molecule has 0 N–H and O–H groups in total. The Bertz CT molecular complexity index is 1160. The average Bonchev–Trinajstić information content (AvgIpc) is 3.09. The largest absolute Gasteiger partial charge is 0.269 e. The number of rotatable bonds is 4. The molecule has 1 aromatic carbocycles. The number of hydrogen-bond donors (Lipinski definition) is 0. The van der Waals surface area contributed by atoms with Crippen LogP contribution in [0.25, 0.3) is 11.3 Å². The number of fused-ring (bicyclic) bond motifs is 1. The summed E-state index contributed by atoms with van der Waals surface area (Å²) in [4.78, 5) is 16.7. The van der Waals surface area contributed by atoms with Gasteiger partial charge in [0.1, 0.15) is 5.65 Å². The van der Waals surface area contributed by atoms with Gasteiger partial charge in [0, 0.05) is 18.0 Å². The molecule has 0 saturated carbocycles. The van der Waals surface area contributed by atoms with E-state index in [1.165, 1.54) is 22.2 Å². The number of tetrazole rings is 1. The van der Waals surface area contributed by atoms with Crippen molar-refractivity contribution in [1.82, 2.24) is 29.6 Å². The number of benzene rings is 1. The van der Waals surface area contributed by atoms with Gasteiger partial charge in [-0.25, -0.2) is 4.98 Å². The molecular formula is C17H13ClN6OS. The fourth-order valence-electron chi connectivity index (χ4n) is 2.53. The lowest BCUT2D eigenvalue weighted by Crippen LogP contribution is -2.15. The van der Waals surface area contributed by atoms with Crippen molar-refractivity contribution in [1.29, 1.82) is 0 Å². The minimum absolute atomic E-state index is 0.175. The highest BCUT2D eigenvalue weighted by Gasteiger charge is 2.11. The minimum Gasteiger partial charge on any atom is -0.269 e. The topological polar surface area (TPSA) is 78.0 Å². The molecule has 0 saturated heterocycles. The summed E-state index contributed by atoms with van der Waals surface area (Å²) in [5.41, 5.74) is 3.04. The molecule has 0 radical (unpaired) electrons. The van der Waals surface area contributed by atoms with Gasteiger partial charge < -0.3 is 0 Å². The Balaban J connectivity index is 1.61. The van der Waals surface area contributed by atoms with Crippen molar-refractivity contribution in [3.8, 4) is 5.69 Å². The molecule has 7 nitrogen and oxygen atoms in total. The lowest BCUT2D eigenvalue weighted by Gasteiger charge is -2.06. The maximum Gasteiger partial charge on any atom is 0.258 e. The molecule has 0 amide bonds. The van der Waals surface area contributed by atoms with Gasteiger partial charge >= 0.3 is 0 Å². The monoisotopic (exact) mass is 384 g/mol. The molecule has 3 aromatic heterocycles. The van der Waals surface area contributed by atoms with Crippen molar-refractivity contribution in [2.24, 2.45) is 0 Å². The second-order valence-electron chi connectivity index (χ2n) is 5.66. The van der Waals surface area contributed by atoms with E-state index in [-0.39, 0.29) is 5.56 Å². The molecule has 0 spiro atoms. The number of hydrogen-bond acceptors (Lipinski definition) is 6. The van der Waals surface area contributed by atoms with Crippen LogP contribution in [0.4, 0.5) is 0 Å². The van der Waals surface area contributed by atoms with E-state index in [0.29, 0.717) is 27.3 Å². The first-order chi connectivity index (χ1) is 12.6. The Hall–Kier alpha value is -2.71. The lowest BCUT2D eigenvalue weighted by atomic mass is 10.2. The normalized spacial score (nSPS) is 11.2. The van der Waals surface area contributed by atoms with Crippen LogP contribution < -0.4 is 5.56 Å². The van der Waals surface area contributed by atoms with Crippen LogP contribution >= 0.6 is 23.4 Å². The number of nitrogens with zero attached hydrogens (tertiary/aromatic N) is 6. The third-order valence-electron chi connectivity index (χ3n) is 3.71. The van der Waals surface area contributed by atoms with Crippen LogP contribution in [0.3, 0.4) is 0 Å². The van der Waals surface area contributed by atoms with E-state index in [1.54, 1.807) is 23.0 Å². The Morgan fingerprint density at radius 3 is 2.92 bits per heavy atom. The summed E-state index contributed by atoms with van der Waals surface area (Å²) in [6.07, 6.45) is 1.56. The van der Waals surface area contributed by atoms with Gasteiger partial charge in [0.05, 0.1) is 16.4 Å². The smallest absolute Gasteiger partial charge is 0.258 e. The first kappa shape index (κ1) is 16.7. The summed E-state index contributed by atoms with van der Waals surface area (Å²) >= 11 is 7.35. The number of aromatic nitrogens is 6. The molecule has 9 heteroatoms. The molecule has 0 bridgehead atoms. The maximum atomic E-state index is 12.2. The predicted octanol–water partition coefficient (Wildman–Crippen LogP) is 2.92. The molecule has 0 unspecified atom stereocenters. The zero-order valence-electron chi connectivity index (χ0n) is 13.7. The van der Waals surface area contributed by atoms with Crippen LogP contribution in [-0.4, -0.2) is 29.6 Å². The summed E-state index contributed by atoms with van der Waals surface area (Å²) in [5.74, 6) is 0.473. The third-order valence-corrected chi connectivity index (χ3v) is 4.89. The van der Waals surface area contributed by atoms with Gasteiger partial charge in [-0.05, 0) is 47.2 Å². The van der Waals surface area contributed by atoms with Gasteiger partial charge in [-0.3, -0.25) is 9.20 Å². The van der Waals surface area contributed by atoms with Crippen LogP contribution in [0, 0.1) is 6.92 Å². The molecule has 0 atom stereocenters. The van der Waals surface area contributed by atoms with Crippen LogP contribution in [0.1, 0.15) is 11.3 Å². The van der Waals surface area contributed by atoms with Gasteiger partial charge in [-0.1, -0.05) is 35.5 Å². The molecule has 26 heavy (non-hydrogen) atoms. The van der Waals surface area contributed by atoms with Crippen LogP contribution in [0.5, 0.6) is 0 Å². The van der Waals surface area contributed by atoms with E-state index < -0.39 is 0 Å². The van der Waals surface area contributed by atoms with Crippen molar-refractivity contribution in [3.63, 3.8) is 0 Å². The van der Waals surface area contributed by atoms with Crippen molar-refractivity contribution < 1.29 is 0 Å². The van der Waals surface area contributed by atoms with E-state index in [4.69, 9.17) is 11.6 Å². The van der Waals surface area contributed by atoms with Gasteiger partial charge in [-0.15, -0.1) is 5.10 Å². The maximum absolute atomic E-state index is 12.2. The summed E-state index contributed by atoms with van der Waals surface area (Å²) in [6, 6.07) is 12.8. The van der Waals surface area contributed by atoms with E-state index in [0.717, 1.165) is 11.3 Å². The van der Waals surface area contributed by atoms with E-state index in [1.807, 2.05) is 31.2 Å². The molecule has 0 aliphatic carbocycles. The number of pyridine rings is 1. The van der Waals surface area contributed by atoms with Gasteiger partial charge in [0.15, 0.2) is 0 Å². The molecule has 0 aliphatic heterocycles. The lowest BCUT2D eigenvalue weighted by molar-refractivity contribution is 0.755. The van der Waals surface area contributed by atoms with Crippen molar-refractivity contribution in [2.75, 3.05) is 0 Å². The van der Waals surface area contributed by atoms with Crippen molar-refractivity contribution in [3.05, 3.63) is 75.3 Å². The first-order valence-corrected chi connectivity index (χ1v) is 9.12. The second kappa shape index (κ2) is 6.89. The summed E-state index contributed by atoms with van der Waals surface area (Å²) in [5, 5.41) is 13.0. The summed E-state index contributed by atoms with van der Waals surface area (Å²) in [6.45, 7) is 2.01. The zero-order chi connectivity index (χ0) is 18.1. The predicted molar refractivity (Wildman–Crippen MR) is 99.9 cm³/mol. The quantitative estimate of drug-likeness (QED) is 0.503. The molecule has 0 aliphatic rings. The molecular weight excluding hydrogens is 372 g/mol. The highest BCUT2D eigenvalue weighted by Crippen LogP contribution is 2.22. The Morgan fingerprint density at radius 1 is 1.19 bits per heavy atom. The highest BCUT2D eigenvalue weighted by atomic mass is 35.5. The van der Waals surface area contributed by atoms with Gasteiger partial charge in [0.2, 0.25) is 5.16 Å². The van der Waals surface area contributed by atoms with E-state index >= 15 is 0 Å². The Labute approximate surface area is 157 Å². The molecule has 0 fully saturated rings. The second-order valence-corrected chi connectivity index (χ2v) is 7.04. The highest BCUT2D eigenvalue weighted by molar-refractivity contribution is 7.98. The molecule has 130 valence electrons. The van der Waals surface area contributed by atoms with Gasteiger partial charge in [-0.2, -0.15) is 4.68 Å². The van der Waals surface area contributed by atoms with E-state index in [2.05, 4.69) is 20.5 Å². The first-order valence-electron chi connectivity index (χ1n) is 7.76. The van der Waals surface area contributed by atoms with Crippen LogP contribution in [0.2, 0.25) is 5.02 Å². The molecule has 4 rings (SSSR count). The van der Waals surface area contributed by atoms with E-state index in [9.17, 15) is 4.79 Å². The Morgan fingerprint density at radius 2 is 2.08 bits per heavy atom. The number of thioether (sulfide) groups is 1. The average molecular weight is 385 g/mol. The molecule has 3 heterocycles. The fraction of sp³-hybridized carbons (Fsp3) is 0.118. The third kappa shape index (κ3) is 3.33. The summed E-state index contributed by atoms with van der Waals surface area (Å²) in [7, 11) is 0. The SMILES string of the molecule is Cc1cccc(-n2nnnc2SCc2cc(=O)n3cc(Cl)ccc3n2)c1. The van der Waals surface area contributed by atoms with Crippen LogP contribution in [0.15, 0.2) is 58.6 Å². The van der Waals surface area contributed by atoms with Crippen molar-refractivity contribution in [2.45, 2.75) is 17.8 Å².